The molecule has 7 nitrogen and oxygen atoms in total. The lowest BCUT2D eigenvalue weighted by atomic mass is 10.5. The Morgan fingerprint density at radius 1 is 1.67 bits per heavy atom. The smallest absolute Gasteiger partial charge is 0.241 e. The van der Waals surface area contributed by atoms with E-state index in [1.54, 1.807) is 13.0 Å². The van der Waals surface area contributed by atoms with Crippen LogP contribution in [0.3, 0.4) is 0 Å². The lowest BCUT2D eigenvalue weighted by Crippen LogP contribution is -2.31. The number of sulfonamides is 1. The highest BCUT2D eigenvalue weighted by Gasteiger charge is 2.20. The minimum Gasteiger partial charge on any atom is -0.338 e. The highest BCUT2D eigenvalue weighted by molar-refractivity contribution is 7.90. The van der Waals surface area contributed by atoms with Crippen molar-refractivity contribution in [3.8, 4) is 6.07 Å². The number of aryl methyl sites for hydroxylation is 1. The van der Waals surface area contributed by atoms with Crippen LogP contribution in [0.15, 0.2) is 4.52 Å². The van der Waals surface area contributed by atoms with Crippen LogP contribution in [0.4, 0.5) is 0 Å². The second-order valence-corrected chi connectivity index (χ2v) is 4.96. The van der Waals surface area contributed by atoms with Crippen LogP contribution >= 0.6 is 0 Å². The Morgan fingerprint density at radius 3 is 2.80 bits per heavy atom. The number of nitrogens with one attached hydrogen (secondary N) is 1. The Morgan fingerprint density at radius 2 is 2.33 bits per heavy atom. The molecular weight excluding hydrogens is 220 g/mol. The molecule has 1 unspecified atom stereocenters. The van der Waals surface area contributed by atoms with Gasteiger partial charge in [-0.05, 0) is 13.8 Å². The first-order valence-electron chi connectivity index (χ1n) is 4.13. The van der Waals surface area contributed by atoms with Crippen LogP contribution in [-0.2, 0) is 16.6 Å². The summed E-state index contributed by atoms with van der Waals surface area (Å²) in [7, 11) is -3.64. The fourth-order valence-corrected chi connectivity index (χ4v) is 1.48. The molecule has 0 amide bonds. The van der Waals surface area contributed by atoms with Gasteiger partial charge in [0.25, 0.3) is 0 Å². The topological polar surface area (TPSA) is 109 Å². The van der Waals surface area contributed by atoms with Gasteiger partial charge in [-0.2, -0.15) is 10.2 Å². The summed E-state index contributed by atoms with van der Waals surface area (Å²) < 4.78 is 29.5. The van der Waals surface area contributed by atoms with E-state index in [1.807, 2.05) is 0 Å². The number of nitrogens with zero attached hydrogens (tertiary/aromatic N) is 3. The number of hydrogen-bond donors (Lipinski definition) is 1. The SMILES string of the molecule is Cc1noc(CNS(=O)(=O)C(C)C#N)n1. The lowest BCUT2D eigenvalue weighted by Gasteiger charge is -2.04. The molecule has 0 fully saturated rings. The van der Waals surface area contributed by atoms with E-state index in [0.29, 0.717) is 5.82 Å². The average molecular weight is 230 g/mol. The summed E-state index contributed by atoms with van der Waals surface area (Å²) in [6.45, 7) is 2.82. The maximum Gasteiger partial charge on any atom is 0.241 e. The summed E-state index contributed by atoms with van der Waals surface area (Å²) in [4.78, 5) is 3.81. The minimum absolute atomic E-state index is 0.102. The zero-order valence-corrected chi connectivity index (χ0v) is 9.08. The van der Waals surface area contributed by atoms with Crippen molar-refractivity contribution in [2.45, 2.75) is 25.6 Å². The molecule has 0 aliphatic heterocycles. The number of rotatable bonds is 4. The first-order valence-corrected chi connectivity index (χ1v) is 5.67. The molecular formula is C7H10N4O3S. The molecule has 0 aliphatic carbocycles. The zero-order valence-electron chi connectivity index (χ0n) is 8.26. The molecule has 1 N–H and O–H groups in total. The molecule has 8 heteroatoms. The van der Waals surface area contributed by atoms with Crippen molar-refractivity contribution in [1.29, 1.82) is 5.26 Å². The fourth-order valence-electron chi connectivity index (χ4n) is 0.769. The molecule has 1 heterocycles. The molecule has 0 aromatic carbocycles. The Hall–Kier alpha value is -1.46. The monoisotopic (exact) mass is 230 g/mol. The molecule has 15 heavy (non-hydrogen) atoms. The van der Waals surface area contributed by atoms with E-state index in [4.69, 9.17) is 9.78 Å². The highest BCUT2D eigenvalue weighted by Crippen LogP contribution is 2.00. The number of aromatic nitrogens is 2. The zero-order chi connectivity index (χ0) is 11.5. The molecule has 1 aromatic rings. The van der Waals surface area contributed by atoms with Gasteiger partial charge in [0.1, 0.15) is 0 Å². The van der Waals surface area contributed by atoms with Crippen molar-refractivity contribution in [3.05, 3.63) is 11.7 Å². The van der Waals surface area contributed by atoms with E-state index in [-0.39, 0.29) is 12.4 Å². The predicted octanol–water partition coefficient (Wildman–Crippen LogP) is -0.291. The van der Waals surface area contributed by atoms with Crippen LogP contribution in [0.25, 0.3) is 0 Å². The van der Waals surface area contributed by atoms with Crippen LogP contribution in [-0.4, -0.2) is 23.8 Å². The number of hydrogen-bond acceptors (Lipinski definition) is 6. The van der Waals surface area contributed by atoms with Crippen LogP contribution in [0, 0.1) is 18.3 Å². The van der Waals surface area contributed by atoms with Gasteiger partial charge in [0, 0.05) is 0 Å². The molecule has 0 aliphatic rings. The summed E-state index contributed by atoms with van der Waals surface area (Å²) in [5.41, 5.74) is 0. The van der Waals surface area contributed by atoms with Crippen molar-refractivity contribution in [1.82, 2.24) is 14.9 Å². The van der Waals surface area contributed by atoms with E-state index in [0.717, 1.165) is 0 Å². The maximum absolute atomic E-state index is 11.3. The van der Waals surface area contributed by atoms with Crippen LogP contribution in [0.2, 0.25) is 0 Å². The summed E-state index contributed by atoms with van der Waals surface area (Å²) in [5, 5.41) is 10.8. The standard InChI is InChI=1S/C7H10N4O3S/c1-5(3-8)15(12,13)9-4-7-10-6(2)11-14-7/h5,9H,4H2,1-2H3. The van der Waals surface area contributed by atoms with Crippen LogP contribution in [0.5, 0.6) is 0 Å². The quantitative estimate of drug-likeness (QED) is 0.761. The molecule has 0 saturated heterocycles. The van der Waals surface area contributed by atoms with E-state index in [2.05, 4.69) is 14.9 Å². The third-order valence-corrected chi connectivity index (χ3v) is 3.22. The summed E-state index contributed by atoms with van der Waals surface area (Å²) in [5.74, 6) is 0.596. The Labute approximate surface area is 87.1 Å². The second kappa shape index (κ2) is 4.37. The van der Waals surface area contributed by atoms with Gasteiger partial charge in [0.05, 0.1) is 12.6 Å². The first kappa shape index (κ1) is 11.6. The molecule has 0 bridgehead atoms. The van der Waals surface area contributed by atoms with Crippen molar-refractivity contribution in [2.75, 3.05) is 0 Å². The Balaban J connectivity index is 2.62. The maximum atomic E-state index is 11.3. The summed E-state index contributed by atoms with van der Waals surface area (Å²) >= 11 is 0. The van der Waals surface area contributed by atoms with Crippen molar-refractivity contribution in [3.63, 3.8) is 0 Å². The minimum atomic E-state index is -3.64. The Bertz CT molecular complexity index is 473. The average Bonchev–Trinajstić information content (AvgIpc) is 2.60. The van der Waals surface area contributed by atoms with Gasteiger partial charge in [-0.1, -0.05) is 5.16 Å². The van der Waals surface area contributed by atoms with E-state index in [1.165, 1.54) is 6.92 Å². The van der Waals surface area contributed by atoms with E-state index in [9.17, 15) is 8.42 Å². The molecule has 0 radical (unpaired) electrons. The molecule has 0 spiro atoms. The lowest BCUT2D eigenvalue weighted by molar-refractivity contribution is 0.372. The second-order valence-electron chi connectivity index (χ2n) is 2.87. The third kappa shape index (κ3) is 3.00. The van der Waals surface area contributed by atoms with Gasteiger partial charge in [0.2, 0.25) is 15.9 Å². The normalized spacial score (nSPS) is 13.4. The predicted molar refractivity (Wildman–Crippen MR) is 49.9 cm³/mol. The largest absolute Gasteiger partial charge is 0.338 e. The highest BCUT2D eigenvalue weighted by atomic mass is 32.2. The van der Waals surface area contributed by atoms with Gasteiger partial charge >= 0.3 is 0 Å². The van der Waals surface area contributed by atoms with Gasteiger partial charge in [0.15, 0.2) is 11.1 Å². The third-order valence-electron chi connectivity index (χ3n) is 1.64. The van der Waals surface area contributed by atoms with Crippen molar-refractivity contribution < 1.29 is 12.9 Å². The van der Waals surface area contributed by atoms with Gasteiger partial charge in [-0.3, -0.25) is 0 Å². The molecule has 0 saturated carbocycles. The number of nitriles is 1. The fraction of sp³-hybridized carbons (Fsp3) is 0.571. The van der Waals surface area contributed by atoms with Gasteiger partial charge < -0.3 is 4.52 Å². The summed E-state index contributed by atoms with van der Waals surface area (Å²) in [6, 6.07) is 1.63. The molecule has 1 aromatic heterocycles. The van der Waals surface area contributed by atoms with E-state index >= 15 is 0 Å². The summed E-state index contributed by atoms with van der Waals surface area (Å²) in [6.07, 6.45) is 0. The molecule has 82 valence electrons. The van der Waals surface area contributed by atoms with Crippen LogP contribution in [0.1, 0.15) is 18.6 Å². The molecule has 1 rings (SSSR count). The van der Waals surface area contributed by atoms with E-state index < -0.39 is 15.3 Å². The van der Waals surface area contributed by atoms with Crippen molar-refractivity contribution in [2.24, 2.45) is 0 Å². The van der Waals surface area contributed by atoms with Gasteiger partial charge in [-0.15, -0.1) is 0 Å². The molecule has 1 atom stereocenters. The Kier molecular flexibility index (Phi) is 3.39. The van der Waals surface area contributed by atoms with Crippen LogP contribution < -0.4 is 4.72 Å². The first-order chi connectivity index (χ1) is 6.95. The van der Waals surface area contributed by atoms with Crippen molar-refractivity contribution >= 4 is 10.0 Å². The van der Waals surface area contributed by atoms with Gasteiger partial charge in [-0.25, -0.2) is 13.1 Å².